The monoisotopic (exact) mass is 433 g/mol. The molecule has 6 nitrogen and oxygen atoms in total. The van der Waals surface area contributed by atoms with E-state index in [-0.39, 0.29) is 24.6 Å². The predicted octanol–water partition coefficient (Wildman–Crippen LogP) is 3.84. The largest absolute Gasteiger partial charge is 0.416 e. The molecule has 1 saturated heterocycles. The van der Waals surface area contributed by atoms with Crippen molar-refractivity contribution in [2.75, 3.05) is 23.3 Å². The number of rotatable bonds is 6. The topological polar surface area (TPSA) is 78.5 Å². The Bertz CT molecular complexity index is 991. The first-order valence-corrected chi connectivity index (χ1v) is 9.86. The first-order chi connectivity index (χ1) is 14.7. The van der Waals surface area contributed by atoms with Crippen LogP contribution in [0.5, 0.6) is 0 Å². The van der Waals surface area contributed by atoms with Gasteiger partial charge in [-0.25, -0.2) is 0 Å². The molecule has 31 heavy (non-hydrogen) atoms. The van der Waals surface area contributed by atoms with E-state index in [1.54, 1.807) is 24.3 Å². The zero-order chi connectivity index (χ0) is 22.6. The molecule has 2 aromatic rings. The van der Waals surface area contributed by atoms with Crippen LogP contribution in [-0.4, -0.2) is 30.8 Å². The number of halogens is 3. The lowest BCUT2D eigenvalue weighted by molar-refractivity contribution is -0.137. The Labute approximate surface area is 177 Å². The van der Waals surface area contributed by atoms with Crippen LogP contribution in [0, 0.1) is 5.92 Å². The average Bonchev–Trinajstić information content (AvgIpc) is 3.13. The molecule has 0 radical (unpaired) electrons. The molecule has 1 fully saturated rings. The van der Waals surface area contributed by atoms with Crippen molar-refractivity contribution in [3.63, 3.8) is 0 Å². The van der Waals surface area contributed by atoms with Crippen LogP contribution in [-0.2, 0) is 15.8 Å². The predicted molar refractivity (Wildman–Crippen MR) is 110 cm³/mol. The van der Waals surface area contributed by atoms with Gasteiger partial charge in [0, 0.05) is 25.2 Å². The molecule has 1 aliphatic heterocycles. The summed E-state index contributed by atoms with van der Waals surface area (Å²) in [6, 6.07) is 11.0. The number of carbonyl (C=O) groups is 3. The van der Waals surface area contributed by atoms with Crippen molar-refractivity contribution >= 4 is 29.1 Å². The lowest BCUT2D eigenvalue weighted by Gasteiger charge is -2.18. The molecular weight excluding hydrogens is 411 g/mol. The van der Waals surface area contributed by atoms with Crippen molar-refractivity contribution in [2.24, 2.45) is 5.92 Å². The van der Waals surface area contributed by atoms with Gasteiger partial charge in [-0.05, 0) is 36.8 Å². The molecule has 164 valence electrons. The number of amides is 3. The number of benzene rings is 2. The lowest BCUT2D eigenvalue weighted by Crippen LogP contribution is -2.29. The summed E-state index contributed by atoms with van der Waals surface area (Å²) < 4.78 is 38.9. The van der Waals surface area contributed by atoms with Gasteiger partial charge in [0.25, 0.3) is 5.91 Å². The van der Waals surface area contributed by atoms with E-state index < -0.39 is 29.5 Å². The van der Waals surface area contributed by atoms with E-state index in [0.29, 0.717) is 17.8 Å². The van der Waals surface area contributed by atoms with Gasteiger partial charge < -0.3 is 15.5 Å². The molecule has 2 aromatic carbocycles. The van der Waals surface area contributed by atoms with Crippen LogP contribution in [0.25, 0.3) is 0 Å². The van der Waals surface area contributed by atoms with E-state index >= 15 is 0 Å². The van der Waals surface area contributed by atoms with Crippen LogP contribution in [0.4, 0.5) is 24.5 Å². The fourth-order valence-corrected chi connectivity index (χ4v) is 3.34. The Morgan fingerprint density at radius 3 is 2.58 bits per heavy atom. The molecule has 9 heteroatoms. The molecule has 0 aliphatic carbocycles. The van der Waals surface area contributed by atoms with Gasteiger partial charge in [0.1, 0.15) is 0 Å². The van der Waals surface area contributed by atoms with Crippen LogP contribution in [0.1, 0.15) is 35.7 Å². The minimum atomic E-state index is -4.53. The summed E-state index contributed by atoms with van der Waals surface area (Å²) in [6.07, 6.45) is -3.90. The molecule has 1 heterocycles. The number of hydrogen-bond acceptors (Lipinski definition) is 3. The normalized spacial score (nSPS) is 16.3. The van der Waals surface area contributed by atoms with Gasteiger partial charge in [-0.1, -0.05) is 25.1 Å². The molecular formula is C22H22F3N3O3. The quantitative estimate of drug-likeness (QED) is 0.727. The van der Waals surface area contributed by atoms with Gasteiger partial charge in [0.15, 0.2) is 0 Å². The third-order valence-electron chi connectivity index (χ3n) is 4.95. The van der Waals surface area contributed by atoms with Crippen LogP contribution in [0.15, 0.2) is 48.5 Å². The van der Waals surface area contributed by atoms with Gasteiger partial charge in [0.2, 0.25) is 11.8 Å². The van der Waals surface area contributed by atoms with E-state index in [0.717, 1.165) is 18.6 Å². The summed E-state index contributed by atoms with van der Waals surface area (Å²) >= 11 is 0. The second-order valence-electron chi connectivity index (χ2n) is 7.24. The Kier molecular flexibility index (Phi) is 6.62. The molecule has 1 aliphatic rings. The van der Waals surface area contributed by atoms with Crippen molar-refractivity contribution < 1.29 is 27.6 Å². The lowest BCUT2D eigenvalue weighted by atomic mass is 10.1. The smallest absolute Gasteiger partial charge is 0.352 e. The third kappa shape index (κ3) is 5.22. The average molecular weight is 433 g/mol. The standard InChI is InChI=1S/C22H22F3N3O3/c1-2-10-26-21(31)17-8-3-4-9-18(17)27-20(30)14-11-19(29)28(13-14)16-7-5-6-15(12-16)22(23,24)25/h3-9,12,14H,2,10-11,13H2,1H3,(H,26,31)(H,27,30)/t14-/m1/s1. The second kappa shape index (κ2) is 9.20. The van der Waals surface area contributed by atoms with Crippen LogP contribution < -0.4 is 15.5 Å². The first kappa shape index (κ1) is 22.3. The summed E-state index contributed by atoms with van der Waals surface area (Å²) in [5.41, 5.74) is -0.165. The Morgan fingerprint density at radius 1 is 1.13 bits per heavy atom. The van der Waals surface area contributed by atoms with Crippen molar-refractivity contribution in [1.29, 1.82) is 0 Å². The number of nitrogens with one attached hydrogen (secondary N) is 2. The fraction of sp³-hybridized carbons (Fsp3) is 0.318. The Hall–Kier alpha value is -3.36. The molecule has 1 atom stereocenters. The molecule has 0 aromatic heterocycles. The maximum atomic E-state index is 13.0. The van der Waals surface area contributed by atoms with Gasteiger partial charge in [-0.2, -0.15) is 13.2 Å². The summed E-state index contributed by atoms with van der Waals surface area (Å²) in [5.74, 6) is -1.99. The minimum absolute atomic E-state index is 0.0455. The van der Waals surface area contributed by atoms with Crippen molar-refractivity contribution in [1.82, 2.24) is 5.32 Å². The van der Waals surface area contributed by atoms with E-state index in [2.05, 4.69) is 10.6 Å². The summed E-state index contributed by atoms with van der Waals surface area (Å²) in [5, 5.41) is 5.42. The van der Waals surface area contributed by atoms with E-state index in [1.165, 1.54) is 17.0 Å². The fourth-order valence-electron chi connectivity index (χ4n) is 3.34. The van der Waals surface area contributed by atoms with Gasteiger partial charge in [0.05, 0.1) is 22.7 Å². The molecule has 2 N–H and O–H groups in total. The molecule has 0 bridgehead atoms. The summed E-state index contributed by atoms with van der Waals surface area (Å²) in [7, 11) is 0. The zero-order valence-electron chi connectivity index (χ0n) is 16.8. The van der Waals surface area contributed by atoms with Crippen LogP contribution in [0.3, 0.4) is 0 Å². The number of hydrogen-bond donors (Lipinski definition) is 2. The highest BCUT2D eigenvalue weighted by Gasteiger charge is 2.37. The first-order valence-electron chi connectivity index (χ1n) is 9.86. The minimum Gasteiger partial charge on any atom is -0.352 e. The molecule has 0 unspecified atom stereocenters. The second-order valence-corrected chi connectivity index (χ2v) is 7.24. The number of carbonyl (C=O) groups excluding carboxylic acids is 3. The highest BCUT2D eigenvalue weighted by molar-refractivity contribution is 6.07. The van der Waals surface area contributed by atoms with E-state index in [9.17, 15) is 27.6 Å². The van der Waals surface area contributed by atoms with Crippen molar-refractivity contribution in [3.05, 3.63) is 59.7 Å². The molecule has 3 amide bonds. The number of anilines is 2. The van der Waals surface area contributed by atoms with Gasteiger partial charge in [-0.15, -0.1) is 0 Å². The number of nitrogens with zero attached hydrogens (tertiary/aromatic N) is 1. The van der Waals surface area contributed by atoms with E-state index in [4.69, 9.17) is 0 Å². The Balaban J connectivity index is 1.73. The highest BCUT2D eigenvalue weighted by Crippen LogP contribution is 2.33. The Morgan fingerprint density at radius 2 is 1.87 bits per heavy atom. The van der Waals surface area contributed by atoms with Crippen molar-refractivity contribution in [3.8, 4) is 0 Å². The molecule has 0 spiro atoms. The maximum Gasteiger partial charge on any atom is 0.416 e. The number of para-hydroxylation sites is 1. The third-order valence-corrected chi connectivity index (χ3v) is 4.95. The maximum absolute atomic E-state index is 13.0. The molecule has 0 saturated carbocycles. The van der Waals surface area contributed by atoms with Crippen molar-refractivity contribution in [2.45, 2.75) is 25.9 Å². The summed E-state index contributed by atoms with van der Waals surface area (Å²) in [4.78, 5) is 38.6. The molecule has 3 rings (SSSR count). The van der Waals surface area contributed by atoms with E-state index in [1.807, 2.05) is 6.92 Å². The van der Waals surface area contributed by atoms with Gasteiger partial charge in [-0.3, -0.25) is 14.4 Å². The van der Waals surface area contributed by atoms with Gasteiger partial charge >= 0.3 is 6.18 Å². The number of alkyl halides is 3. The highest BCUT2D eigenvalue weighted by atomic mass is 19.4. The SMILES string of the molecule is CCCNC(=O)c1ccccc1NC(=O)[C@@H]1CC(=O)N(c2cccc(C(F)(F)F)c2)C1. The van der Waals surface area contributed by atoms with Crippen LogP contribution >= 0.6 is 0 Å². The zero-order valence-corrected chi connectivity index (χ0v) is 16.8. The summed E-state index contributed by atoms with van der Waals surface area (Å²) in [6.45, 7) is 2.36. The van der Waals surface area contributed by atoms with Crippen LogP contribution in [0.2, 0.25) is 0 Å².